The summed E-state index contributed by atoms with van der Waals surface area (Å²) < 4.78 is 31.8. The molecule has 0 atom stereocenters. The molecule has 1 aromatic rings. The molecule has 0 aliphatic carbocycles. The van der Waals surface area contributed by atoms with E-state index in [1.165, 1.54) is 6.20 Å². The van der Waals surface area contributed by atoms with Crippen LogP contribution in [0.2, 0.25) is 0 Å². The minimum atomic E-state index is -2.77. The lowest BCUT2D eigenvalue weighted by atomic mass is 10.2. The summed E-state index contributed by atoms with van der Waals surface area (Å²) in [5, 5.41) is 3.27. The Kier molecular flexibility index (Phi) is 5.11. The highest BCUT2D eigenvalue weighted by Gasteiger charge is 2.28. The number of nitrogens with one attached hydrogen (secondary N) is 1. The highest BCUT2D eigenvalue weighted by atomic mass is 19.3. The van der Waals surface area contributed by atoms with Gasteiger partial charge in [-0.3, -0.25) is 0 Å². The molecule has 2 heterocycles. The third-order valence-electron chi connectivity index (χ3n) is 3.23. The molecule has 1 aliphatic heterocycles. The third-order valence-corrected chi connectivity index (χ3v) is 3.23. The van der Waals surface area contributed by atoms with Crippen molar-refractivity contribution in [3.05, 3.63) is 18.3 Å². The molecule has 2 rings (SSSR count). The molecular formula is C14H21F2N3O. The van der Waals surface area contributed by atoms with Gasteiger partial charge in [-0.05, 0) is 12.1 Å². The molecule has 4 nitrogen and oxygen atoms in total. The fourth-order valence-corrected chi connectivity index (χ4v) is 2.17. The highest BCUT2D eigenvalue weighted by molar-refractivity contribution is 5.41. The van der Waals surface area contributed by atoms with Crippen molar-refractivity contribution in [2.75, 3.05) is 37.7 Å². The van der Waals surface area contributed by atoms with Crippen LogP contribution in [0.4, 0.5) is 14.6 Å². The number of alkyl halides is 2. The molecule has 0 spiro atoms. The predicted molar refractivity (Wildman–Crippen MR) is 74.7 cm³/mol. The Hall–Kier alpha value is -1.43. The Balaban J connectivity index is 1.88. The van der Waals surface area contributed by atoms with Crippen molar-refractivity contribution in [2.24, 2.45) is 0 Å². The predicted octanol–water partition coefficient (Wildman–Crippen LogP) is 2.31. The van der Waals surface area contributed by atoms with Crippen LogP contribution in [0.1, 0.15) is 19.8 Å². The minimum Gasteiger partial charge on any atom is -0.486 e. The van der Waals surface area contributed by atoms with Crippen LogP contribution >= 0.6 is 0 Å². The molecule has 0 unspecified atom stereocenters. The summed E-state index contributed by atoms with van der Waals surface area (Å²) in [5.41, 5.74) is 0. The number of aromatic nitrogens is 1. The second-order valence-corrected chi connectivity index (χ2v) is 4.98. The van der Waals surface area contributed by atoms with E-state index in [9.17, 15) is 8.78 Å². The van der Waals surface area contributed by atoms with Gasteiger partial charge in [0, 0.05) is 32.6 Å². The van der Waals surface area contributed by atoms with E-state index in [2.05, 4.69) is 15.2 Å². The smallest absolute Gasteiger partial charge is 0.281 e. The number of anilines is 1. The zero-order valence-corrected chi connectivity index (χ0v) is 11.7. The molecule has 112 valence electrons. The van der Waals surface area contributed by atoms with Crippen LogP contribution < -0.4 is 15.0 Å². The Bertz CT molecular complexity index is 405. The van der Waals surface area contributed by atoms with E-state index in [4.69, 9.17) is 4.74 Å². The number of halogens is 2. The van der Waals surface area contributed by atoms with Gasteiger partial charge in [-0.1, -0.05) is 13.3 Å². The zero-order valence-electron chi connectivity index (χ0n) is 11.7. The molecule has 0 radical (unpaired) electrons. The van der Waals surface area contributed by atoms with Crippen molar-refractivity contribution < 1.29 is 13.5 Å². The molecule has 1 aliphatic rings. The van der Waals surface area contributed by atoms with Gasteiger partial charge in [0.2, 0.25) is 0 Å². The van der Waals surface area contributed by atoms with Gasteiger partial charge >= 0.3 is 0 Å². The summed E-state index contributed by atoms with van der Waals surface area (Å²) in [6, 6.07) is 3.52. The van der Waals surface area contributed by atoms with Crippen LogP contribution in [0, 0.1) is 0 Å². The molecule has 20 heavy (non-hydrogen) atoms. The zero-order chi connectivity index (χ0) is 14.4. The number of ether oxygens (including phenoxy) is 1. The summed E-state index contributed by atoms with van der Waals surface area (Å²) in [5.74, 6) is -1.52. The van der Waals surface area contributed by atoms with Crippen molar-refractivity contribution in [1.82, 2.24) is 10.3 Å². The highest BCUT2D eigenvalue weighted by Crippen LogP contribution is 2.23. The standard InChI is InChI=1S/C14H21F2N3O/c1-2-5-14(15,16)11-20-12-3-4-13(18-10-12)19-8-6-17-7-9-19/h3-4,10,17H,2,5-9,11H2,1H3. The first-order chi connectivity index (χ1) is 9.61. The van der Waals surface area contributed by atoms with Crippen LogP contribution in [0.5, 0.6) is 5.75 Å². The molecule has 1 N–H and O–H groups in total. The van der Waals surface area contributed by atoms with E-state index in [0.717, 1.165) is 32.0 Å². The first-order valence-corrected chi connectivity index (χ1v) is 7.03. The molecule has 0 bridgehead atoms. The van der Waals surface area contributed by atoms with E-state index in [1.807, 2.05) is 6.07 Å². The van der Waals surface area contributed by atoms with Crippen molar-refractivity contribution in [3.8, 4) is 5.75 Å². The van der Waals surface area contributed by atoms with Gasteiger partial charge in [-0.2, -0.15) is 0 Å². The molecule has 1 aromatic heterocycles. The second-order valence-electron chi connectivity index (χ2n) is 4.98. The van der Waals surface area contributed by atoms with Gasteiger partial charge in [0.05, 0.1) is 6.20 Å². The monoisotopic (exact) mass is 285 g/mol. The van der Waals surface area contributed by atoms with E-state index in [-0.39, 0.29) is 6.42 Å². The average molecular weight is 285 g/mol. The molecular weight excluding hydrogens is 264 g/mol. The summed E-state index contributed by atoms with van der Waals surface area (Å²) >= 11 is 0. The number of nitrogens with zero attached hydrogens (tertiary/aromatic N) is 2. The van der Waals surface area contributed by atoms with Crippen LogP contribution in [0.3, 0.4) is 0 Å². The fraction of sp³-hybridized carbons (Fsp3) is 0.643. The number of hydrogen-bond acceptors (Lipinski definition) is 4. The second kappa shape index (κ2) is 6.83. The number of pyridine rings is 1. The topological polar surface area (TPSA) is 37.4 Å². The van der Waals surface area contributed by atoms with Crippen LogP contribution in [0.15, 0.2) is 18.3 Å². The summed E-state index contributed by atoms with van der Waals surface area (Å²) in [4.78, 5) is 6.44. The van der Waals surface area contributed by atoms with Crippen LogP contribution in [-0.4, -0.2) is 43.7 Å². The lowest BCUT2D eigenvalue weighted by molar-refractivity contribution is -0.0481. The van der Waals surface area contributed by atoms with Gasteiger partial charge in [0.25, 0.3) is 5.92 Å². The number of piperazine rings is 1. The van der Waals surface area contributed by atoms with Crippen molar-refractivity contribution >= 4 is 5.82 Å². The molecule has 0 saturated carbocycles. The molecule has 0 amide bonds. The largest absolute Gasteiger partial charge is 0.486 e. The van der Waals surface area contributed by atoms with Gasteiger partial charge in [0.15, 0.2) is 6.61 Å². The lowest BCUT2D eigenvalue weighted by Gasteiger charge is -2.28. The minimum absolute atomic E-state index is 0.153. The van der Waals surface area contributed by atoms with E-state index >= 15 is 0 Å². The normalized spacial score (nSPS) is 16.2. The Labute approximate surface area is 118 Å². The van der Waals surface area contributed by atoms with Crippen LogP contribution in [0.25, 0.3) is 0 Å². The van der Waals surface area contributed by atoms with Crippen molar-refractivity contribution in [2.45, 2.75) is 25.7 Å². The Morgan fingerprint density at radius 1 is 1.35 bits per heavy atom. The molecule has 1 fully saturated rings. The van der Waals surface area contributed by atoms with E-state index in [1.54, 1.807) is 13.0 Å². The summed E-state index contributed by atoms with van der Waals surface area (Å²) in [6.07, 6.45) is 1.80. The van der Waals surface area contributed by atoms with E-state index in [0.29, 0.717) is 12.2 Å². The third kappa shape index (κ3) is 4.30. The summed E-state index contributed by atoms with van der Waals surface area (Å²) in [6.45, 7) is 4.82. The molecule has 0 aromatic carbocycles. The van der Waals surface area contributed by atoms with Crippen molar-refractivity contribution in [1.29, 1.82) is 0 Å². The fourth-order valence-electron chi connectivity index (χ4n) is 2.17. The van der Waals surface area contributed by atoms with Gasteiger partial charge in [0.1, 0.15) is 11.6 Å². The van der Waals surface area contributed by atoms with Crippen LogP contribution in [-0.2, 0) is 0 Å². The average Bonchev–Trinajstić information content (AvgIpc) is 2.47. The van der Waals surface area contributed by atoms with E-state index < -0.39 is 12.5 Å². The van der Waals surface area contributed by atoms with Gasteiger partial charge < -0.3 is 15.0 Å². The molecule has 1 saturated heterocycles. The van der Waals surface area contributed by atoms with Crippen molar-refractivity contribution in [3.63, 3.8) is 0 Å². The lowest BCUT2D eigenvalue weighted by Crippen LogP contribution is -2.43. The van der Waals surface area contributed by atoms with Gasteiger partial charge in [-0.15, -0.1) is 0 Å². The first kappa shape index (κ1) is 15.0. The van der Waals surface area contributed by atoms with Gasteiger partial charge in [-0.25, -0.2) is 13.8 Å². The summed E-state index contributed by atoms with van der Waals surface area (Å²) in [7, 11) is 0. The molecule has 6 heteroatoms. The Morgan fingerprint density at radius 3 is 2.70 bits per heavy atom. The quantitative estimate of drug-likeness (QED) is 0.870. The maximum atomic E-state index is 13.3. The first-order valence-electron chi connectivity index (χ1n) is 7.03. The number of rotatable bonds is 6. The Morgan fingerprint density at radius 2 is 2.10 bits per heavy atom. The maximum Gasteiger partial charge on any atom is 0.281 e. The SMILES string of the molecule is CCCC(F)(F)COc1ccc(N2CCNCC2)nc1. The maximum absolute atomic E-state index is 13.3. The number of hydrogen-bond donors (Lipinski definition) is 1.